The highest BCUT2D eigenvalue weighted by Crippen LogP contribution is 2.26. The molecule has 0 saturated carbocycles. The maximum Gasteiger partial charge on any atom is 0.274 e. The second-order valence-electron chi connectivity index (χ2n) is 4.67. The van der Waals surface area contributed by atoms with Gasteiger partial charge >= 0.3 is 0 Å². The SMILES string of the molecule is COc1ccccc1OCc1cc(C(=O)N(C)CCO)n[nH]1. The number of carbonyl (C=O) groups excluding carboxylic acids is 1. The zero-order valence-electron chi connectivity index (χ0n) is 12.6. The highest BCUT2D eigenvalue weighted by atomic mass is 16.5. The summed E-state index contributed by atoms with van der Waals surface area (Å²) in [6.45, 7) is 0.416. The van der Waals surface area contributed by atoms with Gasteiger partial charge in [-0.1, -0.05) is 12.1 Å². The van der Waals surface area contributed by atoms with Gasteiger partial charge in [0.05, 0.1) is 19.4 Å². The molecule has 2 N–H and O–H groups in total. The number of nitrogens with zero attached hydrogens (tertiary/aromatic N) is 2. The minimum absolute atomic E-state index is 0.0869. The van der Waals surface area contributed by atoms with Crippen LogP contribution in [0.4, 0.5) is 0 Å². The molecule has 1 amide bonds. The summed E-state index contributed by atoms with van der Waals surface area (Å²) in [7, 11) is 3.18. The molecule has 118 valence electrons. The van der Waals surface area contributed by atoms with E-state index < -0.39 is 0 Å². The lowest BCUT2D eigenvalue weighted by Crippen LogP contribution is -2.29. The summed E-state index contributed by atoms with van der Waals surface area (Å²) in [4.78, 5) is 13.4. The fourth-order valence-electron chi connectivity index (χ4n) is 1.89. The maximum absolute atomic E-state index is 12.0. The zero-order chi connectivity index (χ0) is 15.9. The van der Waals surface area contributed by atoms with Crippen LogP contribution in [0.3, 0.4) is 0 Å². The highest BCUT2D eigenvalue weighted by Gasteiger charge is 2.15. The predicted octanol–water partition coefficient (Wildman–Crippen LogP) is 1.06. The summed E-state index contributed by atoms with van der Waals surface area (Å²) in [5.41, 5.74) is 0.959. The molecule has 0 atom stereocenters. The van der Waals surface area contributed by atoms with Crippen molar-refractivity contribution in [2.75, 3.05) is 27.3 Å². The van der Waals surface area contributed by atoms with Crippen LogP contribution in [0.15, 0.2) is 30.3 Å². The average molecular weight is 305 g/mol. The van der Waals surface area contributed by atoms with E-state index in [1.165, 1.54) is 4.90 Å². The van der Waals surface area contributed by atoms with Crippen LogP contribution < -0.4 is 9.47 Å². The Hall–Kier alpha value is -2.54. The lowest BCUT2D eigenvalue weighted by Gasteiger charge is -2.13. The van der Waals surface area contributed by atoms with Crippen molar-refractivity contribution in [3.05, 3.63) is 41.7 Å². The largest absolute Gasteiger partial charge is 0.493 e. The molecule has 2 aromatic rings. The number of H-pyrrole nitrogens is 1. The number of aromatic nitrogens is 2. The molecule has 2 rings (SSSR count). The summed E-state index contributed by atoms with van der Waals surface area (Å²) >= 11 is 0. The van der Waals surface area contributed by atoms with Crippen molar-refractivity contribution in [2.45, 2.75) is 6.61 Å². The van der Waals surface area contributed by atoms with Gasteiger partial charge in [0.25, 0.3) is 5.91 Å². The first-order chi connectivity index (χ1) is 10.7. The number of ether oxygens (including phenoxy) is 2. The topological polar surface area (TPSA) is 87.7 Å². The first-order valence-corrected chi connectivity index (χ1v) is 6.82. The van der Waals surface area contributed by atoms with Crippen LogP contribution in [0.25, 0.3) is 0 Å². The Balaban J connectivity index is 1.99. The number of nitrogens with one attached hydrogen (secondary N) is 1. The van der Waals surface area contributed by atoms with Crippen molar-refractivity contribution in [1.29, 1.82) is 0 Å². The van der Waals surface area contributed by atoms with Crippen LogP contribution in [0.2, 0.25) is 0 Å². The molecule has 7 heteroatoms. The number of para-hydroxylation sites is 2. The number of likely N-dealkylation sites (N-methyl/N-ethyl adjacent to an activating group) is 1. The number of aliphatic hydroxyl groups excluding tert-OH is 1. The molecule has 0 aliphatic rings. The van der Waals surface area contributed by atoms with Crippen LogP contribution in [0, 0.1) is 0 Å². The molecule has 1 aromatic carbocycles. The number of hydrogen-bond donors (Lipinski definition) is 2. The second kappa shape index (κ2) is 7.46. The minimum atomic E-state index is -0.256. The standard InChI is InChI=1S/C15H19N3O4/c1-18(7-8-19)15(20)12-9-11(16-17-12)10-22-14-6-4-3-5-13(14)21-2/h3-6,9,19H,7-8,10H2,1-2H3,(H,16,17). The van der Waals surface area contributed by atoms with Crippen LogP contribution in [0.1, 0.15) is 16.2 Å². The van der Waals surface area contributed by atoms with Gasteiger partial charge in [-0.25, -0.2) is 0 Å². The Kier molecular flexibility index (Phi) is 5.37. The normalized spacial score (nSPS) is 10.3. The molecule has 7 nitrogen and oxygen atoms in total. The van der Waals surface area contributed by atoms with Crippen molar-refractivity contribution in [3.8, 4) is 11.5 Å². The van der Waals surface area contributed by atoms with Crippen LogP contribution >= 0.6 is 0 Å². The lowest BCUT2D eigenvalue weighted by molar-refractivity contribution is 0.0761. The second-order valence-corrected chi connectivity index (χ2v) is 4.67. The van der Waals surface area contributed by atoms with E-state index in [1.54, 1.807) is 32.4 Å². The molecule has 0 spiro atoms. The van der Waals surface area contributed by atoms with Gasteiger partial charge in [-0.3, -0.25) is 9.89 Å². The van der Waals surface area contributed by atoms with Crippen molar-refractivity contribution in [3.63, 3.8) is 0 Å². The molecule has 0 aliphatic carbocycles. The first kappa shape index (κ1) is 15.8. The van der Waals surface area contributed by atoms with Gasteiger partial charge in [0.15, 0.2) is 17.2 Å². The number of methoxy groups -OCH3 is 1. The Morgan fingerprint density at radius 1 is 1.36 bits per heavy atom. The summed E-state index contributed by atoms with van der Waals surface area (Å²) in [6.07, 6.45) is 0. The van der Waals surface area contributed by atoms with Crippen molar-refractivity contribution >= 4 is 5.91 Å². The predicted molar refractivity (Wildman–Crippen MR) is 80.0 cm³/mol. The summed E-state index contributed by atoms with van der Waals surface area (Å²) in [5.74, 6) is 1.000. The first-order valence-electron chi connectivity index (χ1n) is 6.82. The Morgan fingerprint density at radius 3 is 2.77 bits per heavy atom. The van der Waals surface area contributed by atoms with E-state index in [9.17, 15) is 4.79 Å². The van der Waals surface area contributed by atoms with Crippen LogP contribution in [-0.2, 0) is 6.61 Å². The van der Waals surface area contributed by atoms with Gasteiger partial charge in [-0.15, -0.1) is 0 Å². The van der Waals surface area contributed by atoms with E-state index in [4.69, 9.17) is 14.6 Å². The molecule has 0 unspecified atom stereocenters. The third-order valence-electron chi connectivity index (χ3n) is 3.08. The number of carbonyl (C=O) groups is 1. The molecule has 1 heterocycles. The molecule has 0 aliphatic heterocycles. The summed E-state index contributed by atoms with van der Waals surface area (Å²) in [5, 5.41) is 15.6. The van der Waals surface area contributed by atoms with Gasteiger partial charge < -0.3 is 19.5 Å². The number of aliphatic hydroxyl groups is 1. The fraction of sp³-hybridized carbons (Fsp3) is 0.333. The van der Waals surface area contributed by atoms with Gasteiger partial charge in [-0.05, 0) is 18.2 Å². The monoisotopic (exact) mass is 305 g/mol. The van der Waals surface area contributed by atoms with E-state index >= 15 is 0 Å². The number of benzene rings is 1. The number of aromatic amines is 1. The summed E-state index contributed by atoms with van der Waals surface area (Å²) < 4.78 is 10.9. The molecule has 0 fully saturated rings. The van der Waals surface area contributed by atoms with E-state index in [-0.39, 0.29) is 31.4 Å². The molecule has 0 saturated heterocycles. The van der Waals surface area contributed by atoms with Crippen molar-refractivity contribution in [1.82, 2.24) is 15.1 Å². The number of amides is 1. The van der Waals surface area contributed by atoms with E-state index in [0.717, 1.165) is 0 Å². The summed E-state index contributed by atoms with van der Waals surface area (Å²) in [6, 6.07) is 8.95. The molecule has 0 bridgehead atoms. The minimum Gasteiger partial charge on any atom is -0.493 e. The molecule has 22 heavy (non-hydrogen) atoms. The van der Waals surface area contributed by atoms with Crippen molar-refractivity contribution < 1.29 is 19.4 Å². The van der Waals surface area contributed by atoms with E-state index in [1.807, 2.05) is 12.1 Å². The van der Waals surface area contributed by atoms with Crippen LogP contribution in [0.5, 0.6) is 11.5 Å². The number of hydrogen-bond acceptors (Lipinski definition) is 5. The maximum atomic E-state index is 12.0. The van der Waals surface area contributed by atoms with Gasteiger partial charge in [0.2, 0.25) is 0 Å². The average Bonchev–Trinajstić information content (AvgIpc) is 3.01. The lowest BCUT2D eigenvalue weighted by atomic mass is 10.3. The Labute approximate surface area is 128 Å². The molecule has 1 aromatic heterocycles. The van der Waals surface area contributed by atoms with Crippen molar-refractivity contribution in [2.24, 2.45) is 0 Å². The van der Waals surface area contributed by atoms with Gasteiger partial charge in [-0.2, -0.15) is 5.10 Å². The van der Waals surface area contributed by atoms with E-state index in [0.29, 0.717) is 17.2 Å². The van der Waals surface area contributed by atoms with Gasteiger partial charge in [0, 0.05) is 13.6 Å². The highest BCUT2D eigenvalue weighted by molar-refractivity contribution is 5.92. The smallest absolute Gasteiger partial charge is 0.274 e. The fourth-order valence-corrected chi connectivity index (χ4v) is 1.89. The Morgan fingerprint density at radius 2 is 2.09 bits per heavy atom. The zero-order valence-corrected chi connectivity index (χ0v) is 12.6. The number of rotatable bonds is 7. The third-order valence-corrected chi connectivity index (χ3v) is 3.08. The molecular formula is C15H19N3O4. The Bertz CT molecular complexity index is 627. The quantitative estimate of drug-likeness (QED) is 0.798. The van der Waals surface area contributed by atoms with Crippen LogP contribution in [-0.4, -0.2) is 53.4 Å². The molecule has 0 radical (unpaired) electrons. The van der Waals surface area contributed by atoms with E-state index in [2.05, 4.69) is 10.2 Å². The molecular weight excluding hydrogens is 286 g/mol. The third kappa shape index (κ3) is 3.76. The van der Waals surface area contributed by atoms with Gasteiger partial charge in [0.1, 0.15) is 6.61 Å².